The Kier molecular flexibility index (Phi) is 4.46. The van der Waals surface area contributed by atoms with Crippen molar-refractivity contribution < 1.29 is 4.74 Å². The number of para-hydroxylation sites is 1. The van der Waals surface area contributed by atoms with Crippen molar-refractivity contribution in [2.45, 2.75) is 32.3 Å². The van der Waals surface area contributed by atoms with Gasteiger partial charge in [0.05, 0.1) is 0 Å². The Hall–Kier alpha value is -1.80. The van der Waals surface area contributed by atoms with Crippen LogP contribution in [-0.2, 0) is 5.41 Å². The molecule has 0 bridgehead atoms. The second-order valence-corrected chi connectivity index (χ2v) is 6.03. The Balaban J connectivity index is 2.16. The van der Waals surface area contributed by atoms with Crippen LogP contribution in [0.1, 0.15) is 38.0 Å². The van der Waals surface area contributed by atoms with Crippen LogP contribution in [0.4, 0.5) is 0 Å². The third kappa shape index (κ3) is 3.61. The molecular formula is C18H23NO. The Morgan fingerprint density at radius 3 is 2.05 bits per heavy atom. The van der Waals surface area contributed by atoms with E-state index in [0.717, 1.165) is 11.3 Å². The number of nitrogens with two attached hydrogens (primary N) is 1. The smallest absolute Gasteiger partial charge is 0.136 e. The first-order valence-corrected chi connectivity index (χ1v) is 7.03. The fourth-order valence-corrected chi connectivity index (χ4v) is 2.11. The molecular weight excluding hydrogens is 246 g/mol. The highest BCUT2D eigenvalue weighted by atomic mass is 16.5. The van der Waals surface area contributed by atoms with Gasteiger partial charge in [-0.3, -0.25) is 0 Å². The van der Waals surface area contributed by atoms with Gasteiger partial charge in [-0.2, -0.15) is 0 Å². The molecule has 0 spiro atoms. The lowest BCUT2D eigenvalue weighted by Gasteiger charge is -2.22. The minimum atomic E-state index is -0.105. The van der Waals surface area contributed by atoms with Gasteiger partial charge in [0, 0.05) is 6.54 Å². The largest absolute Gasteiger partial charge is 0.484 e. The summed E-state index contributed by atoms with van der Waals surface area (Å²) in [5.74, 6) is 0.850. The maximum atomic E-state index is 5.95. The Labute approximate surface area is 121 Å². The summed E-state index contributed by atoms with van der Waals surface area (Å²) in [6.45, 7) is 7.10. The highest BCUT2D eigenvalue weighted by Gasteiger charge is 2.16. The lowest BCUT2D eigenvalue weighted by atomic mass is 9.86. The van der Waals surface area contributed by atoms with Crippen molar-refractivity contribution in [2.75, 3.05) is 6.54 Å². The molecule has 1 atom stereocenters. The highest BCUT2D eigenvalue weighted by Crippen LogP contribution is 2.26. The van der Waals surface area contributed by atoms with Gasteiger partial charge in [-0.25, -0.2) is 0 Å². The van der Waals surface area contributed by atoms with E-state index in [-0.39, 0.29) is 11.5 Å². The predicted octanol–water partition coefficient (Wildman–Crippen LogP) is 4.06. The van der Waals surface area contributed by atoms with Gasteiger partial charge in [-0.05, 0) is 28.7 Å². The highest BCUT2D eigenvalue weighted by molar-refractivity contribution is 5.30. The van der Waals surface area contributed by atoms with E-state index >= 15 is 0 Å². The van der Waals surface area contributed by atoms with Gasteiger partial charge >= 0.3 is 0 Å². The van der Waals surface area contributed by atoms with Crippen LogP contribution in [-0.4, -0.2) is 6.54 Å². The minimum absolute atomic E-state index is 0.105. The first-order chi connectivity index (χ1) is 9.50. The normalized spacial score (nSPS) is 13.0. The summed E-state index contributed by atoms with van der Waals surface area (Å²) in [6.07, 6.45) is -0.105. The molecule has 0 aliphatic carbocycles. The summed E-state index contributed by atoms with van der Waals surface area (Å²) in [4.78, 5) is 0. The van der Waals surface area contributed by atoms with Gasteiger partial charge in [0.1, 0.15) is 11.9 Å². The van der Waals surface area contributed by atoms with E-state index in [2.05, 4.69) is 45.0 Å². The van der Waals surface area contributed by atoms with Gasteiger partial charge in [0.2, 0.25) is 0 Å². The molecule has 2 rings (SSSR count). The molecule has 2 heteroatoms. The maximum absolute atomic E-state index is 5.95. The molecule has 106 valence electrons. The molecule has 1 unspecified atom stereocenters. The molecule has 2 aromatic carbocycles. The van der Waals surface area contributed by atoms with Crippen LogP contribution in [0, 0.1) is 0 Å². The van der Waals surface area contributed by atoms with Crippen molar-refractivity contribution >= 4 is 0 Å². The quantitative estimate of drug-likeness (QED) is 0.908. The van der Waals surface area contributed by atoms with Crippen molar-refractivity contribution in [1.29, 1.82) is 0 Å². The molecule has 0 heterocycles. The number of benzene rings is 2. The van der Waals surface area contributed by atoms with E-state index in [9.17, 15) is 0 Å². The van der Waals surface area contributed by atoms with E-state index in [1.807, 2.05) is 30.3 Å². The van der Waals surface area contributed by atoms with Crippen molar-refractivity contribution in [3.63, 3.8) is 0 Å². The average molecular weight is 269 g/mol. The van der Waals surface area contributed by atoms with Crippen LogP contribution >= 0.6 is 0 Å². The molecule has 0 radical (unpaired) electrons. The zero-order valence-corrected chi connectivity index (χ0v) is 12.5. The summed E-state index contributed by atoms with van der Waals surface area (Å²) in [5, 5.41) is 0. The summed E-state index contributed by atoms with van der Waals surface area (Å²) >= 11 is 0. The minimum Gasteiger partial charge on any atom is -0.484 e. The zero-order chi connectivity index (χ0) is 14.6. The van der Waals surface area contributed by atoms with Crippen LogP contribution in [0.2, 0.25) is 0 Å². The van der Waals surface area contributed by atoms with Crippen molar-refractivity contribution in [3.05, 3.63) is 65.7 Å². The SMILES string of the molecule is CC(C)(C)c1ccc(C(CN)Oc2ccccc2)cc1. The van der Waals surface area contributed by atoms with E-state index in [0.29, 0.717) is 6.54 Å². The fraction of sp³-hybridized carbons (Fsp3) is 0.333. The third-order valence-corrected chi connectivity index (χ3v) is 3.38. The maximum Gasteiger partial charge on any atom is 0.136 e. The van der Waals surface area contributed by atoms with E-state index < -0.39 is 0 Å². The summed E-state index contributed by atoms with van der Waals surface area (Å²) in [7, 11) is 0. The molecule has 2 nitrogen and oxygen atoms in total. The third-order valence-electron chi connectivity index (χ3n) is 3.38. The van der Waals surface area contributed by atoms with Crippen molar-refractivity contribution in [3.8, 4) is 5.75 Å². The van der Waals surface area contributed by atoms with Crippen molar-refractivity contribution in [2.24, 2.45) is 5.73 Å². The van der Waals surface area contributed by atoms with Gasteiger partial charge in [0.25, 0.3) is 0 Å². The molecule has 2 N–H and O–H groups in total. The van der Waals surface area contributed by atoms with Gasteiger partial charge in [-0.1, -0.05) is 63.2 Å². The molecule has 2 aromatic rings. The van der Waals surface area contributed by atoms with Crippen LogP contribution in [0.15, 0.2) is 54.6 Å². The first kappa shape index (κ1) is 14.6. The summed E-state index contributed by atoms with van der Waals surface area (Å²) < 4.78 is 5.95. The Bertz CT molecular complexity index is 526. The van der Waals surface area contributed by atoms with E-state index in [1.165, 1.54) is 5.56 Å². The second kappa shape index (κ2) is 6.10. The van der Waals surface area contributed by atoms with Crippen LogP contribution < -0.4 is 10.5 Å². The average Bonchev–Trinajstić information content (AvgIpc) is 2.45. The second-order valence-electron chi connectivity index (χ2n) is 6.03. The molecule has 0 aromatic heterocycles. The van der Waals surface area contributed by atoms with Crippen LogP contribution in [0.3, 0.4) is 0 Å². The summed E-state index contributed by atoms with van der Waals surface area (Å²) in [6, 6.07) is 18.3. The molecule has 0 aliphatic rings. The number of hydrogen-bond donors (Lipinski definition) is 1. The molecule has 0 aliphatic heterocycles. The Morgan fingerprint density at radius 2 is 1.55 bits per heavy atom. The number of hydrogen-bond acceptors (Lipinski definition) is 2. The first-order valence-electron chi connectivity index (χ1n) is 7.03. The molecule has 0 saturated heterocycles. The standard InChI is InChI=1S/C18H23NO/c1-18(2,3)15-11-9-14(10-12-15)17(13-19)20-16-7-5-4-6-8-16/h4-12,17H,13,19H2,1-3H3. The molecule has 0 saturated carbocycles. The van der Waals surface area contributed by atoms with E-state index in [4.69, 9.17) is 10.5 Å². The van der Waals surface area contributed by atoms with Gasteiger partial charge < -0.3 is 10.5 Å². The lowest BCUT2D eigenvalue weighted by Crippen LogP contribution is -2.19. The molecule has 20 heavy (non-hydrogen) atoms. The van der Waals surface area contributed by atoms with E-state index in [1.54, 1.807) is 0 Å². The lowest BCUT2D eigenvalue weighted by molar-refractivity contribution is 0.214. The van der Waals surface area contributed by atoms with Gasteiger partial charge in [-0.15, -0.1) is 0 Å². The number of rotatable bonds is 4. The van der Waals surface area contributed by atoms with Crippen LogP contribution in [0.5, 0.6) is 5.75 Å². The molecule has 0 fully saturated rings. The topological polar surface area (TPSA) is 35.2 Å². The van der Waals surface area contributed by atoms with Crippen LogP contribution in [0.25, 0.3) is 0 Å². The number of ether oxygens (including phenoxy) is 1. The predicted molar refractivity (Wildman–Crippen MR) is 84.0 cm³/mol. The Morgan fingerprint density at radius 1 is 0.950 bits per heavy atom. The monoisotopic (exact) mass is 269 g/mol. The van der Waals surface area contributed by atoms with Gasteiger partial charge in [0.15, 0.2) is 0 Å². The zero-order valence-electron chi connectivity index (χ0n) is 12.5. The fourth-order valence-electron chi connectivity index (χ4n) is 2.11. The van der Waals surface area contributed by atoms with Crippen molar-refractivity contribution in [1.82, 2.24) is 0 Å². The molecule has 0 amide bonds. The summed E-state index contributed by atoms with van der Waals surface area (Å²) in [5.41, 5.74) is 8.45.